The van der Waals surface area contributed by atoms with E-state index in [2.05, 4.69) is 54.0 Å². The summed E-state index contributed by atoms with van der Waals surface area (Å²) in [5.41, 5.74) is 6.86. The standard InChI is InChI=1S/C24H19NO3.ClH/c1-2-4-21-18(3-1)20-10-15(5-6-22(20)28-21)9-16-13-25-14-17-11-23-24(12-19(16)17)27-8-7-26-23;/h1-6,10-13,25H,7-9,14H2;1H. The van der Waals surface area contributed by atoms with Crippen LogP contribution < -0.4 is 14.8 Å². The van der Waals surface area contributed by atoms with Crippen molar-refractivity contribution in [1.82, 2.24) is 5.32 Å². The molecule has 0 amide bonds. The molecule has 0 saturated heterocycles. The molecule has 29 heavy (non-hydrogen) atoms. The van der Waals surface area contributed by atoms with Gasteiger partial charge in [-0.15, -0.1) is 12.4 Å². The van der Waals surface area contributed by atoms with Crippen LogP contribution in [0.4, 0.5) is 0 Å². The Kier molecular flexibility index (Phi) is 4.36. The fraction of sp³-hybridized carbons (Fsp3) is 0.167. The van der Waals surface area contributed by atoms with Gasteiger partial charge in [0.25, 0.3) is 0 Å². The lowest BCUT2D eigenvalue weighted by Crippen LogP contribution is -2.19. The van der Waals surface area contributed by atoms with Gasteiger partial charge in [-0.1, -0.05) is 24.3 Å². The summed E-state index contributed by atoms with van der Waals surface area (Å²) in [6.45, 7) is 2.02. The summed E-state index contributed by atoms with van der Waals surface area (Å²) in [5, 5.41) is 5.73. The Morgan fingerprint density at radius 1 is 0.828 bits per heavy atom. The predicted octanol–water partition coefficient (Wildman–Crippen LogP) is 5.47. The van der Waals surface area contributed by atoms with Crippen molar-refractivity contribution < 1.29 is 13.9 Å². The minimum Gasteiger partial charge on any atom is -0.486 e. The minimum atomic E-state index is 0. The first-order valence-electron chi connectivity index (χ1n) is 9.61. The number of fused-ring (bicyclic) bond motifs is 5. The van der Waals surface area contributed by atoms with E-state index in [9.17, 15) is 0 Å². The van der Waals surface area contributed by atoms with E-state index >= 15 is 0 Å². The number of allylic oxidation sites excluding steroid dienone is 1. The zero-order valence-electron chi connectivity index (χ0n) is 15.7. The number of hydrogen-bond donors (Lipinski definition) is 1. The molecule has 0 saturated carbocycles. The lowest BCUT2D eigenvalue weighted by Gasteiger charge is -2.24. The second-order valence-electron chi connectivity index (χ2n) is 7.31. The molecule has 2 aliphatic rings. The van der Waals surface area contributed by atoms with Gasteiger partial charge in [-0.3, -0.25) is 0 Å². The molecule has 6 rings (SSSR count). The highest BCUT2D eigenvalue weighted by atomic mass is 35.5. The lowest BCUT2D eigenvalue weighted by molar-refractivity contribution is 0.171. The first-order chi connectivity index (χ1) is 13.8. The van der Waals surface area contributed by atoms with Gasteiger partial charge in [0, 0.05) is 23.5 Å². The topological polar surface area (TPSA) is 43.6 Å². The minimum absolute atomic E-state index is 0. The van der Waals surface area contributed by atoms with Crippen LogP contribution in [0.1, 0.15) is 16.7 Å². The van der Waals surface area contributed by atoms with Crippen molar-refractivity contribution in [3.63, 3.8) is 0 Å². The maximum absolute atomic E-state index is 5.96. The third-order valence-corrected chi connectivity index (χ3v) is 5.52. The highest BCUT2D eigenvalue weighted by molar-refractivity contribution is 6.05. The molecule has 3 aromatic carbocycles. The van der Waals surface area contributed by atoms with Gasteiger partial charge in [-0.25, -0.2) is 0 Å². The molecule has 4 aromatic rings. The number of rotatable bonds is 2. The Bertz CT molecular complexity index is 1260. The van der Waals surface area contributed by atoms with E-state index in [0.29, 0.717) is 13.2 Å². The summed E-state index contributed by atoms with van der Waals surface area (Å²) in [7, 11) is 0. The summed E-state index contributed by atoms with van der Waals surface area (Å²) in [4.78, 5) is 0. The van der Waals surface area contributed by atoms with E-state index < -0.39 is 0 Å². The highest BCUT2D eigenvalue weighted by Crippen LogP contribution is 2.38. The smallest absolute Gasteiger partial charge is 0.161 e. The Hall–Kier alpha value is -3.11. The summed E-state index contributed by atoms with van der Waals surface area (Å²) in [6.07, 6.45) is 2.96. The van der Waals surface area contributed by atoms with Gasteiger partial charge in [0.1, 0.15) is 24.4 Å². The number of benzene rings is 3. The van der Waals surface area contributed by atoms with Gasteiger partial charge in [0.2, 0.25) is 0 Å². The third-order valence-electron chi connectivity index (χ3n) is 5.52. The van der Waals surface area contributed by atoms with Crippen LogP contribution in [0.25, 0.3) is 27.5 Å². The lowest BCUT2D eigenvalue weighted by atomic mass is 9.92. The maximum Gasteiger partial charge on any atom is 0.161 e. The van der Waals surface area contributed by atoms with Crippen LogP contribution in [0.5, 0.6) is 11.5 Å². The number of ether oxygens (including phenoxy) is 2. The monoisotopic (exact) mass is 405 g/mol. The summed E-state index contributed by atoms with van der Waals surface area (Å²) >= 11 is 0. The van der Waals surface area contributed by atoms with Gasteiger partial charge in [-0.2, -0.15) is 0 Å². The normalized spacial score (nSPS) is 14.7. The van der Waals surface area contributed by atoms with Crippen LogP contribution in [0.3, 0.4) is 0 Å². The molecule has 0 fully saturated rings. The van der Waals surface area contributed by atoms with Gasteiger partial charge in [-0.05, 0) is 59.0 Å². The van der Waals surface area contributed by atoms with Crippen molar-refractivity contribution in [2.75, 3.05) is 13.2 Å². The third kappa shape index (κ3) is 3.00. The average Bonchev–Trinajstić information content (AvgIpc) is 3.11. The predicted molar refractivity (Wildman–Crippen MR) is 117 cm³/mol. The van der Waals surface area contributed by atoms with E-state index in [0.717, 1.165) is 41.0 Å². The fourth-order valence-electron chi connectivity index (χ4n) is 4.19. The Labute approximate surface area is 174 Å². The Balaban J connectivity index is 0.00000181. The van der Waals surface area contributed by atoms with Crippen molar-refractivity contribution in [3.05, 3.63) is 77.5 Å². The van der Waals surface area contributed by atoms with E-state index in [1.807, 2.05) is 12.1 Å². The second kappa shape index (κ2) is 7.05. The van der Waals surface area contributed by atoms with Gasteiger partial charge >= 0.3 is 0 Å². The largest absolute Gasteiger partial charge is 0.486 e. The molecule has 0 radical (unpaired) electrons. The van der Waals surface area contributed by atoms with Crippen molar-refractivity contribution in [1.29, 1.82) is 0 Å². The summed E-state index contributed by atoms with van der Waals surface area (Å²) in [5.74, 6) is 1.69. The van der Waals surface area contributed by atoms with Crippen LogP contribution in [-0.2, 0) is 13.0 Å². The van der Waals surface area contributed by atoms with Crippen molar-refractivity contribution in [2.24, 2.45) is 0 Å². The first-order valence-corrected chi connectivity index (χ1v) is 9.61. The average molecular weight is 406 g/mol. The first kappa shape index (κ1) is 18.0. The summed E-state index contributed by atoms with van der Waals surface area (Å²) < 4.78 is 17.5. The van der Waals surface area contributed by atoms with E-state index in [1.54, 1.807) is 0 Å². The van der Waals surface area contributed by atoms with Crippen LogP contribution >= 0.6 is 12.4 Å². The molecular weight excluding hydrogens is 386 g/mol. The van der Waals surface area contributed by atoms with Crippen molar-refractivity contribution in [2.45, 2.75) is 13.0 Å². The highest BCUT2D eigenvalue weighted by Gasteiger charge is 2.20. The second-order valence-corrected chi connectivity index (χ2v) is 7.31. The Morgan fingerprint density at radius 2 is 1.62 bits per heavy atom. The molecular formula is C24H20ClNO3. The van der Waals surface area contributed by atoms with Gasteiger partial charge < -0.3 is 19.2 Å². The zero-order chi connectivity index (χ0) is 18.5. The van der Waals surface area contributed by atoms with Gasteiger partial charge in [0.15, 0.2) is 11.5 Å². The molecule has 1 aromatic heterocycles. The molecule has 0 bridgehead atoms. The van der Waals surface area contributed by atoms with Crippen molar-refractivity contribution in [3.8, 4) is 11.5 Å². The number of nitrogens with one attached hydrogen (secondary N) is 1. The van der Waals surface area contributed by atoms with E-state index in [4.69, 9.17) is 13.9 Å². The Morgan fingerprint density at radius 3 is 2.52 bits per heavy atom. The molecule has 2 aliphatic heterocycles. The van der Waals surface area contributed by atoms with Crippen molar-refractivity contribution >= 4 is 39.9 Å². The SMILES string of the molecule is C1=C(Cc2ccc3oc4ccccc4c3c2)c2cc3c(cc2CN1)OCCO3.Cl. The molecule has 146 valence electrons. The molecule has 0 spiro atoms. The number of halogens is 1. The molecule has 0 aliphatic carbocycles. The van der Waals surface area contributed by atoms with Crippen LogP contribution in [0.15, 0.2) is 65.2 Å². The molecule has 4 nitrogen and oxygen atoms in total. The molecule has 5 heteroatoms. The zero-order valence-corrected chi connectivity index (χ0v) is 16.6. The fourth-order valence-corrected chi connectivity index (χ4v) is 4.19. The van der Waals surface area contributed by atoms with E-state index in [1.165, 1.54) is 27.6 Å². The van der Waals surface area contributed by atoms with E-state index in [-0.39, 0.29) is 12.4 Å². The van der Waals surface area contributed by atoms with Crippen LogP contribution in [0.2, 0.25) is 0 Å². The molecule has 0 unspecified atom stereocenters. The molecule has 0 atom stereocenters. The molecule has 1 N–H and O–H groups in total. The summed E-state index contributed by atoms with van der Waals surface area (Å²) in [6, 6.07) is 18.9. The van der Waals surface area contributed by atoms with Gasteiger partial charge in [0.05, 0.1) is 0 Å². The number of para-hydroxylation sites is 1. The quantitative estimate of drug-likeness (QED) is 0.480. The number of hydrogen-bond acceptors (Lipinski definition) is 4. The molecule has 3 heterocycles. The van der Waals surface area contributed by atoms with Crippen LogP contribution in [0, 0.1) is 0 Å². The van der Waals surface area contributed by atoms with Crippen LogP contribution in [-0.4, -0.2) is 13.2 Å². The maximum atomic E-state index is 5.96. The number of furan rings is 1.